The highest BCUT2D eigenvalue weighted by molar-refractivity contribution is 6.02. The van der Waals surface area contributed by atoms with E-state index in [1.165, 1.54) is 7.11 Å². The Hall–Kier alpha value is -3.28. The summed E-state index contributed by atoms with van der Waals surface area (Å²) >= 11 is 0. The standard InChI is InChI=1S/C26H27NO5/c1-25(2,3)19-12-15-11-17(6-7-18(15)22(19)23(28)30-4)27-24(29)26(9-10-26)16-5-8-20-21(13-16)32-14-31-20/h5-8,11-13,22H,9-10,14H2,1-4H3,(H,27,29). The number of ether oxygens (including phenoxy) is 3. The summed E-state index contributed by atoms with van der Waals surface area (Å²) < 4.78 is 16.0. The van der Waals surface area contributed by atoms with Crippen LogP contribution in [0, 0.1) is 5.41 Å². The molecule has 1 saturated carbocycles. The Balaban J connectivity index is 1.41. The van der Waals surface area contributed by atoms with Gasteiger partial charge in [-0.25, -0.2) is 0 Å². The van der Waals surface area contributed by atoms with E-state index in [1.807, 2.05) is 36.4 Å². The zero-order valence-electron chi connectivity index (χ0n) is 18.8. The van der Waals surface area contributed by atoms with E-state index in [2.05, 4.69) is 32.2 Å². The maximum Gasteiger partial charge on any atom is 0.317 e. The van der Waals surface area contributed by atoms with Crippen molar-refractivity contribution in [2.24, 2.45) is 5.41 Å². The lowest BCUT2D eigenvalue weighted by molar-refractivity contribution is -0.141. The van der Waals surface area contributed by atoms with E-state index in [9.17, 15) is 9.59 Å². The van der Waals surface area contributed by atoms with Gasteiger partial charge in [0, 0.05) is 5.69 Å². The number of methoxy groups -OCH3 is 1. The first-order valence-corrected chi connectivity index (χ1v) is 10.9. The predicted octanol–water partition coefficient (Wildman–Crippen LogP) is 4.79. The minimum absolute atomic E-state index is 0.0288. The smallest absolute Gasteiger partial charge is 0.317 e. The van der Waals surface area contributed by atoms with Gasteiger partial charge in [0.2, 0.25) is 12.7 Å². The Morgan fingerprint density at radius 2 is 1.81 bits per heavy atom. The summed E-state index contributed by atoms with van der Waals surface area (Å²) in [6.45, 7) is 6.48. The van der Waals surface area contributed by atoms with Crippen LogP contribution in [0.2, 0.25) is 0 Å². The van der Waals surface area contributed by atoms with E-state index in [0.717, 1.165) is 40.8 Å². The molecule has 1 atom stereocenters. The molecule has 166 valence electrons. The van der Waals surface area contributed by atoms with E-state index in [4.69, 9.17) is 14.2 Å². The zero-order valence-corrected chi connectivity index (χ0v) is 18.8. The third-order valence-electron chi connectivity index (χ3n) is 6.69. The highest BCUT2D eigenvalue weighted by Gasteiger charge is 2.51. The summed E-state index contributed by atoms with van der Waals surface area (Å²) in [5.74, 6) is 0.696. The van der Waals surface area contributed by atoms with Crippen molar-refractivity contribution in [3.8, 4) is 11.5 Å². The third-order valence-corrected chi connectivity index (χ3v) is 6.69. The lowest BCUT2D eigenvalue weighted by Crippen LogP contribution is -2.27. The number of carbonyl (C=O) groups is 2. The maximum absolute atomic E-state index is 13.3. The van der Waals surface area contributed by atoms with Crippen LogP contribution < -0.4 is 14.8 Å². The van der Waals surface area contributed by atoms with Gasteiger partial charge < -0.3 is 19.5 Å². The molecule has 1 unspecified atom stereocenters. The van der Waals surface area contributed by atoms with Gasteiger partial charge in [0.05, 0.1) is 12.5 Å². The number of rotatable bonds is 4. The van der Waals surface area contributed by atoms with Crippen LogP contribution in [0.4, 0.5) is 5.69 Å². The minimum Gasteiger partial charge on any atom is -0.468 e. The molecule has 32 heavy (non-hydrogen) atoms. The maximum atomic E-state index is 13.3. The topological polar surface area (TPSA) is 73.9 Å². The number of benzene rings is 2. The van der Waals surface area contributed by atoms with Gasteiger partial charge in [-0.3, -0.25) is 9.59 Å². The molecule has 0 bridgehead atoms. The fourth-order valence-corrected chi connectivity index (χ4v) is 4.70. The molecule has 6 heteroatoms. The van der Waals surface area contributed by atoms with Gasteiger partial charge in [-0.1, -0.05) is 39.0 Å². The molecule has 2 aromatic rings. The van der Waals surface area contributed by atoms with Crippen LogP contribution in [0.5, 0.6) is 11.5 Å². The Morgan fingerprint density at radius 3 is 2.50 bits per heavy atom. The first-order chi connectivity index (χ1) is 15.2. The normalized spacial score (nSPS) is 19.8. The lowest BCUT2D eigenvalue weighted by atomic mass is 9.79. The Labute approximate surface area is 187 Å². The van der Waals surface area contributed by atoms with E-state index < -0.39 is 11.3 Å². The summed E-state index contributed by atoms with van der Waals surface area (Å²) in [6.07, 6.45) is 3.64. The van der Waals surface area contributed by atoms with Crippen molar-refractivity contribution < 1.29 is 23.8 Å². The number of fused-ring (bicyclic) bond motifs is 2. The number of hydrogen-bond acceptors (Lipinski definition) is 5. The van der Waals surface area contributed by atoms with Crippen LogP contribution in [0.3, 0.4) is 0 Å². The molecule has 2 aliphatic carbocycles. The van der Waals surface area contributed by atoms with Crippen molar-refractivity contribution in [2.45, 2.75) is 44.9 Å². The van der Waals surface area contributed by atoms with E-state index >= 15 is 0 Å². The highest BCUT2D eigenvalue weighted by Crippen LogP contribution is 2.51. The lowest BCUT2D eigenvalue weighted by Gasteiger charge is -2.25. The monoisotopic (exact) mass is 433 g/mol. The quantitative estimate of drug-likeness (QED) is 0.702. The summed E-state index contributed by atoms with van der Waals surface area (Å²) in [5, 5.41) is 3.10. The molecule has 1 aliphatic heterocycles. The van der Waals surface area contributed by atoms with Crippen LogP contribution in [-0.2, 0) is 19.7 Å². The average Bonchev–Trinajstić information content (AvgIpc) is 3.27. The second kappa shape index (κ2) is 7.12. The fourth-order valence-electron chi connectivity index (χ4n) is 4.70. The second-order valence-corrected chi connectivity index (χ2v) is 9.75. The number of amides is 1. The number of esters is 1. The minimum atomic E-state index is -0.541. The van der Waals surface area contributed by atoms with Crippen molar-refractivity contribution in [2.75, 3.05) is 19.2 Å². The molecule has 3 aliphatic rings. The SMILES string of the molecule is COC(=O)C1C(C(C)(C)C)=Cc2cc(NC(=O)C3(c4ccc5c(c4)OCO5)CC3)ccc21. The van der Waals surface area contributed by atoms with E-state index in [1.54, 1.807) is 0 Å². The van der Waals surface area contributed by atoms with Gasteiger partial charge in [0.1, 0.15) is 5.92 Å². The largest absolute Gasteiger partial charge is 0.468 e. The molecule has 0 radical (unpaired) electrons. The molecule has 1 fully saturated rings. The Bertz CT molecular complexity index is 1150. The van der Waals surface area contributed by atoms with Crippen molar-refractivity contribution in [3.05, 3.63) is 58.7 Å². The van der Waals surface area contributed by atoms with Crippen molar-refractivity contribution in [3.63, 3.8) is 0 Å². The molecule has 0 aromatic heterocycles. The van der Waals surface area contributed by atoms with Gasteiger partial charge in [-0.15, -0.1) is 0 Å². The van der Waals surface area contributed by atoms with Gasteiger partial charge in [0.25, 0.3) is 0 Å². The van der Waals surface area contributed by atoms with Crippen LogP contribution in [-0.4, -0.2) is 25.8 Å². The van der Waals surface area contributed by atoms with Crippen LogP contribution in [0.1, 0.15) is 56.2 Å². The zero-order chi connectivity index (χ0) is 22.7. The van der Waals surface area contributed by atoms with Gasteiger partial charge in [0.15, 0.2) is 11.5 Å². The van der Waals surface area contributed by atoms with Gasteiger partial charge in [-0.05, 0) is 64.8 Å². The molecular formula is C26H27NO5. The number of nitrogens with one attached hydrogen (secondary N) is 1. The van der Waals surface area contributed by atoms with Gasteiger partial charge in [-0.2, -0.15) is 0 Å². The Kier molecular flexibility index (Phi) is 4.59. The third kappa shape index (κ3) is 3.25. The molecule has 0 spiro atoms. The molecule has 1 amide bonds. The van der Waals surface area contributed by atoms with E-state index in [-0.39, 0.29) is 24.1 Å². The molecule has 5 rings (SSSR count). The van der Waals surface area contributed by atoms with Crippen molar-refractivity contribution in [1.29, 1.82) is 0 Å². The van der Waals surface area contributed by atoms with E-state index in [0.29, 0.717) is 11.5 Å². The van der Waals surface area contributed by atoms with Crippen molar-refractivity contribution >= 4 is 23.6 Å². The first-order valence-electron chi connectivity index (χ1n) is 10.9. The average molecular weight is 434 g/mol. The first kappa shape index (κ1) is 20.6. The van der Waals surface area contributed by atoms with Crippen molar-refractivity contribution in [1.82, 2.24) is 0 Å². The summed E-state index contributed by atoms with van der Waals surface area (Å²) in [5.41, 5.74) is 3.81. The van der Waals surface area contributed by atoms with Crippen LogP contribution in [0.15, 0.2) is 42.0 Å². The summed E-state index contributed by atoms with van der Waals surface area (Å²) in [7, 11) is 1.42. The molecule has 1 heterocycles. The molecule has 2 aromatic carbocycles. The van der Waals surface area contributed by atoms with Crippen LogP contribution >= 0.6 is 0 Å². The second-order valence-electron chi connectivity index (χ2n) is 9.75. The number of anilines is 1. The van der Waals surface area contributed by atoms with Gasteiger partial charge >= 0.3 is 5.97 Å². The number of carbonyl (C=O) groups excluding carboxylic acids is 2. The molecule has 1 N–H and O–H groups in total. The summed E-state index contributed by atoms with van der Waals surface area (Å²) in [4.78, 5) is 25.8. The molecule has 0 saturated heterocycles. The number of hydrogen-bond donors (Lipinski definition) is 1. The summed E-state index contributed by atoms with van der Waals surface area (Å²) in [6, 6.07) is 11.5. The highest BCUT2D eigenvalue weighted by atomic mass is 16.7. The molecule has 6 nitrogen and oxygen atoms in total. The van der Waals surface area contributed by atoms with Crippen LogP contribution in [0.25, 0.3) is 6.08 Å². The fraction of sp³-hybridized carbons (Fsp3) is 0.385. The Morgan fingerprint density at radius 1 is 1.06 bits per heavy atom. The predicted molar refractivity (Wildman–Crippen MR) is 121 cm³/mol. The molecular weight excluding hydrogens is 406 g/mol.